The molecule has 0 atom stereocenters. The van der Waals surface area contributed by atoms with Crippen LogP contribution in [0.15, 0.2) is 41.0 Å². The third-order valence-electron chi connectivity index (χ3n) is 2.46. The first-order valence-electron chi connectivity index (χ1n) is 5.07. The number of para-hydroxylation sites is 1. The normalized spacial score (nSPS) is 9.75. The monoisotopic (exact) mass is 212 g/mol. The summed E-state index contributed by atoms with van der Waals surface area (Å²) in [6.07, 6.45) is 1.67. The van der Waals surface area contributed by atoms with Crippen molar-refractivity contribution in [3.8, 4) is 6.07 Å². The minimum Gasteiger partial charge on any atom is -0.467 e. The summed E-state index contributed by atoms with van der Waals surface area (Å²) in [5, 5.41) is 12.1. The molecule has 0 aliphatic heterocycles. The molecule has 1 aromatic heterocycles. The molecule has 1 N–H and O–H groups in total. The maximum atomic E-state index is 8.92. The summed E-state index contributed by atoms with van der Waals surface area (Å²) in [7, 11) is 0. The van der Waals surface area contributed by atoms with E-state index in [-0.39, 0.29) is 0 Å². The summed E-state index contributed by atoms with van der Waals surface area (Å²) in [6.45, 7) is 2.59. The average Bonchev–Trinajstić information content (AvgIpc) is 2.72. The molecule has 0 spiro atoms. The van der Waals surface area contributed by atoms with E-state index >= 15 is 0 Å². The third kappa shape index (κ3) is 2.06. The van der Waals surface area contributed by atoms with E-state index in [4.69, 9.17) is 9.68 Å². The molecule has 0 unspecified atom stereocenters. The first-order chi connectivity index (χ1) is 7.81. The van der Waals surface area contributed by atoms with Crippen LogP contribution in [0.4, 0.5) is 5.69 Å². The summed E-state index contributed by atoms with van der Waals surface area (Å²) in [5.41, 5.74) is 2.59. The number of nitrogens with one attached hydrogen (secondary N) is 1. The topological polar surface area (TPSA) is 49.0 Å². The Kier molecular flexibility index (Phi) is 2.93. The number of nitrogens with zero attached hydrogens (tertiary/aromatic N) is 1. The van der Waals surface area contributed by atoms with Crippen LogP contribution in [0.1, 0.15) is 16.9 Å². The molecule has 1 heterocycles. The fourth-order valence-electron chi connectivity index (χ4n) is 1.50. The van der Waals surface area contributed by atoms with E-state index in [0.717, 1.165) is 17.0 Å². The van der Waals surface area contributed by atoms with Crippen LogP contribution >= 0.6 is 0 Å². The van der Waals surface area contributed by atoms with Gasteiger partial charge < -0.3 is 9.73 Å². The van der Waals surface area contributed by atoms with Crippen LogP contribution in [0.3, 0.4) is 0 Å². The second kappa shape index (κ2) is 4.54. The van der Waals surface area contributed by atoms with Gasteiger partial charge in [-0.15, -0.1) is 0 Å². The maximum Gasteiger partial charge on any atom is 0.125 e. The Balaban J connectivity index is 2.11. The molecule has 1 aromatic carbocycles. The first-order valence-corrected chi connectivity index (χ1v) is 5.07. The summed E-state index contributed by atoms with van der Waals surface area (Å²) < 4.78 is 5.31. The molecular formula is C13H12N2O. The van der Waals surface area contributed by atoms with E-state index in [0.29, 0.717) is 12.1 Å². The van der Waals surface area contributed by atoms with Crippen molar-refractivity contribution in [3.05, 3.63) is 53.5 Å². The number of hydrogen-bond donors (Lipinski definition) is 1. The second-order valence-electron chi connectivity index (χ2n) is 3.54. The Labute approximate surface area is 94.3 Å². The lowest BCUT2D eigenvalue weighted by atomic mass is 10.2. The Hall–Kier alpha value is -2.21. The standard InChI is InChI=1S/C13H12N2O/c1-10-6-7-16-13(10)9-15-12-5-3-2-4-11(12)8-14/h2-7,15H,9H2,1H3. The molecule has 0 fully saturated rings. The molecule has 0 aliphatic carbocycles. The molecule has 0 aliphatic rings. The molecule has 0 radical (unpaired) electrons. The zero-order valence-electron chi connectivity index (χ0n) is 9.03. The maximum absolute atomic E-state index is 8.92. The van der Waals surface area contributed by atoms with E-state index in [9.17, 15) is 0 Å². The van der Waals surface area contributed by atoms with Crippen molar-refractivity contribution >= 4 is 5.69 Å². The minimum absolute atomic E-state index is 0.595. The van der Waals surface area contributed by atoms with E-state index in [1.807, 2.05) is 31.2 Å². The van der Waals surface area contributed by atoms with Crippen molar-refractivity contribution < 1.29 is 4.42 Å². The lowest BCUT2D eigenvalue weighted by molar-refractivity contribution is 0.515. The highest BCUT2D eigenvalue weighted by molar-refractivity contribution is 5.57. The van der Waals surface area contributed by atoms with Crippen LogP contribution in [0.2, 0.25) is 0 Å². The summed E-state index contributed by atoms with van der Waals surface area (Å²) in [5.74, 6) is 0.896. The van der Waals surface area contributed by atoms with Gasteiger partial charge in [0.25, 0.3) is 0 Å². The first kappa shape index (κ1) is 10.3. The van der Waals surface area contributed by atoms with Gasteiger partial charge in [0.1, 0.15) is 11.8 Å². The van der Waals surface area contributed by atoms with Crippen molar-refractivity contribution in [1.82, 2.24) is 0 Å². The zero-order chi connectivity index (χ0) is 11.4. The zero-order valence-corrected chi connectivity index (χ0v) is 9.03. The van der Waals surface area contributed by atoms with Gasteiger partial charge in [0, 0.05) is 0 Å². The van der Waals surface area contributed by atoms with Crippen molar-refractivity contribution in [2.45, 2.75) is 13.5 Å². The Morgan fingerprint density at radius 2 is 2.12 bits per heavy atom. The van der Waals surface area contributed by atoms with Gasteiger partial charge in [-0.1, -0.05) is 12.1 Å². The van der Waals surface area contributed by atoms with E-state index in [2.05, 4.69) is 11.4 Å². The van der Waals surface area contributed by atoms with Crippen molar-refractivity contribution in [1.29, 1.82) is 5.26 Å². The number of rotatable bonds is 3. The second-order valence-corrected chi connectivity index (χ2v) is 3.54. The van der Waals surface area contributed by atoms with Crippen molar-refractivity contribution in [3.63, 3.8) is 0 Å². The van der Waals surface area contributed by atoms with Gasteiger partial charge in [-0.25, -0.2) is 0 Å². The van der Waals surface area contributed by atoms with E-state index in [1.54, 1.807) is 12.3 Å². The molecule has 0 bridgehead atoms. The van der Waals surface area contributed by atoms with Crippen molar-refractivity contribution in [2.75, 3.05) is 5.32 Å². The summed E-state index contributed by atoms with van der Waals surface area (Å²) in [6, 6.07) is 11.5. The third-order valence-corrected chi connectivity index (χ3v) is 2.46. The van der Waals surface area contributed by atoms with Gasteiger partial charge in [0.15, 0.2) is 0 Å². The number of furan rings is 1. The van der Waals surface area contributed by atoms with Gasteiger partial charge in [-0.2, -0.15) is 5.26 Å². The van der Waals surface area contributed by atoms with Gasteiger partial charge in [-0.3, -0.25) is 0 Å². The lowest BCUT2D eigenvalue weighted by Gasteiger charge is -2.06. The van der Waals surface area contributed by atoms with Crippen LogP contribution in [-0.4, -0.2) is 0 Å². The molecule has 3 heteroatoms. The molecule has 0 saturated carbocycles. The Bertz CT molecular complexity index is 523. The molecule has 2 aromatic rings. The van der Waals surface area contributed by atoms with Crippen molar-refractivity contribution in [2.24, 2.45) is 0 Å². The van der Waals surface area contributed by atoms with Crippen LogP contribution in [-0.2, 0) is 6.54 Å². The van der Waals surface area contributed by atoms with Crippen LogP contribution in [0.25, 0.3) is 0 Å². The Morgan fingerprint density at radius 3 is 2.81 bits per heavy atom. The number of benzene rings is 1. The summed E-state index contributed by atoms with van der Waals surface area (Å²) >= 11 is 0. The van der Waals surface area contributed by atoms with Crippen LogP contribution in [0.5, 0.6) is 0 Å². The SMILES string of the molecule is Cc1ccoc1CNc1ccccc1C#N. The lowest BCUT2D eigenvalue weighted by Crippen LogP contribution is -2.01. The molecule has 80 valence electrons. The van der Waals surface area contributed by atoms with Gasteiger partial charge in [-0.05, 0) is 30.7 Å². The minimum atomic E-state index is 0.595. The van der Waals surface area contributed by atoms with Gasteiger partial charge >= 0.3 is 0 Å². The fraction of sp³-hybridized carbons (Fsp3) is 0.154. The highest BCUT2D eigenvalue weighted by Crippen LogP contribution is 2.16. The largest absolute Gasteiger partial charge is 0.467 e. The number of aryl methyl sites for hydroxylation is 1. The molecule has 0 amide bonds. The van der Waals surface area contributed by atoms with E-state index < -0.39 is 0 Å². The number of hydrogen-bond acceptors (Lipinski definition) is 3. The molecule has 2 rings (SSSR count). The molecule has 16 heavy (non-hydrogen) atoms. The predicted molar refractivity (Wildman–Crippen MR) is 61.9 cm³/mol. The summed E-state index contributed by atoms with van der Waals surface area (Å²) in [4.78, 5) is 0. The average molecular weight is 212 g/mol. The smallest absolute Gasteiger partial charge is 0.125 e. The number of anilines is 1. The van der Waals surface area contributed by atoms with E-state index in [1.165, 1.54) is 0 Å². The quantitative estimate of drug-likeness (QED) is 0.850. The molecular weight excluding hydrogens is 200 g/mol. The Morgan fingerprint density at radius 1 is 1.31 bits per heavy atom. The fourth-order valence-corrected chi connectivity index (χ4v) is 1.50. The van der Waals surface area contributed by atoms with Crippen LogP contribution < -0.4 is 5.32 Å². The highest BCUT2D eigenvalue weighted by atomic mass is 16.3. The van der Waals surface area contributed by atoms with Gasteiger partial charge in [0.05, 0.1) is 24.1 Å². The molecule has 3 nitrogen and oxygen atoms in total. The van der Waals surface area contributed by atoms with Gasteiger partial charge in [0.2, 0.25) is 0 Å². The number of nitriles is 1. The highest BCUT2D eigenvalue weighted by Gasteiger charge is 2.03. The van der Waals surface area contributed by atoms with Crippen LogP contribution in [0, 0.1) is 18.3 Å². The predicted octanol–water partition coefficient (Wildman–Crippen LogP) is 3.07. The molecule has 0 saturated heterocycles.